The predicted octanol–water partition coefficient (Wildman–Crippen LogP) is 2.98. The SMILES string of the molecule is CCN(CC1CCCNC1)c1ccc(Br)c(C)n1. The third kappa shape index (κ3) is 3.45. The van der Waals surface area contributed by atoms with E-state index in [1.165, 1.54) is 19.4 Å². The van der Waals surface area contributed by atoms with E-state index < -0.39 is 0 Å². The first kappa shape index (κ1) is 13.8. The Bertz CT molecular complexity index is 389. The van der Waals surface area contributed by atoms with E-state index in [-0.39, 0.29) is 0 Å². The average Bonchev–Trinajstić information content (AvgIpc) is 2.40. The van der Waals surface area contributed by atoms with E-state index in [0.717, 1.165) is 41.5 Å². The number of nitrogens with zero attached hydrogens (tertiary/aromatic N) is 2. The van der Waals surface area contributed by atoms with Gasteiger partial charge >= 0.3 is 0 Å². The highest BCUT2D eigenvalue weighted by molar-refractivity contribution is 9.10. The molecule has 0 radical (unpaired) electrons. The molecule has 0 bridgehead atoms. The number of halogens is 1. The highest BCUT2D eigenvalue weighted by atomic mass is 79.9. The Morgan fingerprint density at radius 1 is 1.50 bits per heavy atom. The monoisotopic (exact) mass is 311 g/mol. The van der Waals surface area contributed by atoms with Crippen molar-refractivity contribution in [3.05, 3.63) is 22.3 Å². The summed E-state index contributed by atoms with van der Waals surface area (Å²) >= 11 is 3.51. The molecule has 0 aromatic carbocycles. The summed E-state index contributed by atoms with van der Waals surface area (Å²) in [7, 11) is 0. The predicted molar refractivity (Wildman–Crippen MR) is 80.2 cm³/mol. The second kappa shape index (κ2) is 6.53. The second-order valence-electron chi connectivity index (χ2n) is 4.99. The van der Waals surface area contributed by atoms with Crippen LogP contribution in [0.15, 0.2) is 16.6 Å². The topological polar surface area (TPSA) is 28.2 Å². The standard InChI is InChI=1S/C14H22BrN3/c1-3-18(10-12-5-4-8-16-9-12)14-7-6-13(15)11(2)17-14/h6-7,12,16H,3-5,8-10H2,1-2H3. The van der Waals surface area contributed by atoms with Crippen LogP contribution >= 0.6 is 15.9 Å². The summed E-state index contributed by atoms with van der Waals surface area (Å²) in [5, 5.41) is 3.48. The molecule has 3 nitrogen and oxygen atoms in total. The van der Waals surface area contributed by atoms with Crippen LogP contribution < -0.4 is 10.2 Å². The Kier molecular flexibility index (Phi) is 5.01. The highest BCUT2D eigenvalue weighted by Gasteiger charge is 2.17. The van der Waals surface area contributed by atoms with Gasteiger partial charge < -0.3 is 10.2 Å². The van der Waals surface area contributed by atoms with E-state index in [4.69, 9.17) is 0 Å². The number of aryl methyl sites for hydroxylation is 1. The minimum Gasteiger partial charge on any atom is -0.357 e. The summed E-state index contributed by atoms with van der Waals surface area (Å²) in [6.07, 6.45) is 2.63. The molecule has 1 N–H and O–H groups in total. The minimum atomic E-state index is 0.754. The Balaban J connectivity index is 2.04. The summed E-state index contributed by atoms with van der Waals surface area (Å²) in [4.78, 5) is 7.05. The zero-order valence-electron chi connectivity index (χ0n) is 11.2. The molecule has 100 valence electrons. The molecule has 4 heteroatoms. The van der Waals surface area contributed by atoms with E-state index in [2.05, 4.69) is 50.2 Å². The lowest BCUT2D eigenvalue weighted by molar-refractivity contribution is 0.377. The third-order valence-electron chi connectivity index (χ3n) is 3.59. The van der Waals surface area contributed by atoms with Gasteiger partial charge in [-0.05, 0) is 73.8 Å². The van der Waals surface area contributed by atoms with Crippen molar-refractivity contribution in [2.45, 2.75) is 26.7 Å². The van der Waals surface area contributed by atoms with Gasteiger partial charge in [-0.2, -0.15) is 0 Å². The van der Waals surface area contributed by atoms with Gasteiger partial charge in [0.05, 0.1) is 5.69 Å². The molecule has 2 heterocycles. The third-order valence-corrected chi connectivity index (χ3v) is 4.43. The second-order valence-corrected chi connectivity index (χ2v) is 5.84. The van der Waals surface area contributed by atoms with Crippen molar-refractivity contribution in [3.8, 4) is 0 Å². The number of hydrogen-bond acceptors (Lipinski definition) is 3. The highest BCUT2D eigenvalue weighted by Crippen LogP contribution is 2.21. The number of pyridine rings is 1. The number of nitrogens with one attached hydrogen (secondary N) is 1. The van der Waals surface area contributed by atoms with Crippen LogP contribution in [0.3, 0.4) is 0 Å². The van der Waals surface area contributed by atoms with E-state index in [0.29, 0.717) is 0 Å². The molecule has 1 saturated heterocycles. The van der Waals surface area contributed by atoms with Gasteiger partial charge in [-0.25, -0.2) is 4.98 Å². The maximum absolute atomic E-state index is 4.67. The van der Waals surface area contributed by atoms with Crippen LogP contribution in [0.5, 0.6) is 0 Å². The van der Waals surface area contributed by atoms with E-state index >= 15 is 0 Å². The van der Waals surface area contributed by atoms with Gasteiger partial charge in [0.1, 0.15) is 5.82 Å². The number of piperidine rings is 1. The van der Waals surface area contributed by atoms with E-state index in [1.807, 2.05) is 6.92 Å². The molecule has 0 spiro atoms. The molecule has 18 heavy (non-hydrogen) atoms. The summed E-state index contributed by atoms with van der Waals surface area (Å²) < 4.78 is 1.08. The normalized spacial score (nSPS) is 19.8. The van der Waals surface area contributed by atoms with Crippen LogP contribution in [-0.2, 0) is 0 Å². The van der Waals surface area contributed by atoms with Crippen LogP contribution in [0.1, 0.15) is 25.5 Å². The molecule has 1 atom stereocenters. The fourth-order valence-electron chi connectivity index (χ4n) is 2.48. The van der Waals surface area contributed by atoms with Crippen LogP contribution in [0.4, 0.5) is 5.82 Å². The molecule has 1 aromatic heterocycles. The average molecular weight is 312 g/mol. The molecular weight excluding hydrogens is 290 g/mol. The smallest absolute Gasteiger partial charge is 0.128 e. The fraction of sp³-hybridized carbons (Fsp3) is 0.643. The molecule has 1 unspecified atom stereocenters. The van der Waals surface area contributed by atoms with Crippen molar-refractivity contribution in [1.29, 1.82) is 0 Å². The molecule has 0 saturated carbocycles. The van der Waals surface area contributed by atoms with Crippen molar-refractivity contribution >= 4 is 21.7 Å². The molecule has 1 aliphatic heterocycles. The van der Waals surface area contributed by atoms with Crippen LogP contribution in [0.2, 0.25) is 0 Å². The van der Waals surface area contributed by atoms with Crippen LogP contribution in [-0.4, -0.2) is 31.2 Å². The lowest BCUT2D eigenvalue weighted by Crippen LogP contribution is -2.38. The molecule has 0 aliphatic carbocycles. The zero-order valence-corrected chi connectivity index (χ0v) is 12.8. The van der Waals surface area contributed by atoms with E-state index in [1.54, 1.807) is 0 Å². The lowest BCUT2D eigenvalue weighted by Gasteiger charge is -2.30. The largest absolute Gasteiger partial charge is 0.357 e. The van der Waals surface area contributed by atoms with Gasteiger partial charge in [0, 0.05) is 17.6 Å². The van der Waals surface area contributed by atoms with Crippen molar-refractivity contribution in [3.63, 3.8) is 0 Å². The lowest BCUT2D eigenvalue weighted by atomic mass is 9.99. The molecule has 1 aliphatic rings. The quantitative estimate of drug-likeness (QED) is 0.926. The first-order chi connectivity index (χ1) is 8.70. The molecule has 1 fully saturated rings. The Labute approximate surface area is 118 Å². The van der Waals surface area contributed by atoms with Gasteiger partial charge in [0.2, 0.25) is 0 Å². The first-order valence-electron chi connectivity index (χ1n) is 6.79. The van der Waals surface area contributed by atoms with Crippen LogP contribution in [0, 0.1) is 12.8 Å². The minimum absolute atomic E-state index is 0.754. The van der Waals surface area contributed by atoms with E-state index in [9.17, 15) is 0 Å². The van der Waals surface area contributed by atoms with Crippen molar-refractivity contribution in [2.75, 3.05) is 31.1 Å². The Morgan fingerprint density at radius 3 is 2.94 bits per heavy atom. The number of aromatic nitrogens is 1. The van der Waals surface area contributed by atoms with Crippen molar-refractivity contribution < 1.29 is 0 Å². The Morgan fingerprint density at radius 2 is 2.33 bits per heavy atom. The fourth-order valence-corrected chi connectivity index (χ4v) is 2.70. The summed E-state index contributed by atoms with van der Waals surface area (Å²) in [6.45, 7) is 8.70. The van der Waals surface area contributed by atoms with Crippen molar-refractivity contribution in [1.82, 2.24) is 10.3 Å². The van der Waals surface area contributed by atoms with Gasteiger partial charge in [0.25, 0.3) is 0 Å². The summed E-state index contributed by atoms with van der Waals surface area (Å²) in [5.41, 5.74) is 1.06. The zero-order chi connectivity index (χ0) is 13.0. The van der Waals surface area contributed by atoms with Gasteiger partial charge in [0.15, 0.2) is 0 Å². The number of anilines is 1. The van der Waals surface area contributed by atoms with Gasteiger partial charge in [-0.3, -0.25) is 0 Å². The van der Waals surface area contributed by atoms with Gasteiger partial charge in [-0.15, -0.1) is 0 Å². The van der Waals surface area contributed by atoms with Gasteiger partial charge in [-0.1, -0.05) is 0 Å². The Hall–Kier alpha value is -0.610. The van der Waals surface area contributed by atoms with Crippen LogP contribution in [0.25, 0.3) is 0 Å². The maximum atomic E-state index is 4.67. The maximum Gasteiger partial charge on any atom is 0.128 e. The molecule has 2 rings (SSSR count). The number of hydrogen-bond donors (Lipinski definition) is 1. The first-order valence-corrected chi connectivity index (χ1v) is 7.58. The van der Waals surface area contributed by atoms with Crippen molar-refractivity contribution in [2.24, 2.45) is 5.92 Å². The molecule has 0 amide bonds. The number of rotatable bonds is 4. The molecular formula is C14H22BrN3. The molecule has 1 aromatic rings. The summed E-state index contributed by atoms with van der Waals surface area (Å²) in [6, 6.07) is 4.20. The summed E-state index contributed by atoms with van der Waals surface area (Å²) in [5.74, 6) is 1.85.